The number of hydrogen-bond acceptors (Lipinski definition) is 4. The van der Waals surface area contributed by atoms with Crippen molar-refractivity contribution in [2.75, 3.05) is 29.8 Å². The van der Waals surface area contributed by atoms with E-state index in [2.05, 4.69) is 15.5 Å². The van der Waals surface area contributed by atoms with Crippen molar-refractivity contribution in [1.82, 2.24) is 10.2 Å². The maximum absolute atomic E-state index is 12.7. The molecule has 24 heavy (non-hydrogen) atoms. The van der Waals surface area contributed by atoms with Gasteiger partial charge in [-0.15, -0.1) is 11.6 Å². The highest BCUT2D eigenvalue weighted by Gasteiger charge is 2.30. The van der Waals surface area contributed by atoms with E-state index in [1.54, 1.807) is 12.0 Å². The van der Waals surface area contributed by atoms with Gasteiger partial charge in [-0.05, 0) is 30.7 Å². The Hall–Kier alpha value is -2.54. The molecule has 0 saturated heterocycles. The molecule has 0 atom stereocenters. The summed E-state index contributed by atoms with van der Waals surface area (Å²) in [6, 6.07) is 7.29. The minimum absolute atomic E-state index is 0.174. The molecule has 0 saturated carbocycles. The molecule has 8 heteroatoms. The molecule has 1 aliphatic heterocycles. The van der Waals surface area contributed by atoms with E-state index in [1.807, 2.05) is 24.3 Å². The van der Waals surface area contributed by atoms with Crippen molar-refractivity contribution < 1.29 is 14.3 Å². The Balaban J connectivity index is 1.80. The Bertz CT molecular complexity index is 757. The molecule has 1 aromatic carbocycles. The second kappa shape index (κ2) is 6.92. The highest BCUT2D eigenvalue weighted by molar-refractivity contribution is 6.19. The van der Waals surface area contributed by atoms with Crippen LogP contribution in [0.2, 0.25) is 0 Å². The molecule has 2 amide bonds. The molecular formula is C16H17ClN4O3. The number of rotatable bonds is 5. The first-order chi connectivity index (χ1) is 11.6. The van der Waals surface area contributed by atoms with Crippen LogP contribution >= 0.6 is 11.6 Å². The van der Waals surface area contributed by atoms with Crippen LogP contribution in [0.1, 0.15) is 22.5 Å². The number of ether oxygens (including phenoxy) is 1. The molecule has 2 aromatic rings. The minimum atomic E-state index is -0.218. The maximum Gasteiger partial charge on any atom is 0.276 e. The molecule has 0 aliphatic carbocycles. The van der Waals surface area contributed by atoms with Crippen LogP contribution in [0.3, 0.4) is 0 Å². The molecule has 0 unspecified atom stereocenters. The van der Waals surface area contributed by atoms with Gasteiger partial charge in [-0.1, -0.05) is 0 Å². The molecule has 1 aliphatic rings. The Labute approximate surface area is 143 Å². The fourth-order valence-electron chi connectivity index (χ4n) is 2.64. The number of benzene rings is 1. The van der Waals surface area contributed by atoms with E-state index in [0.29, 0.717) is 24.5 Å². The largest absolute Gasteiger partial charge is 0.497 e. The zero-order chi connectivity index (χ0) is 17.1. The van der Waals surface area contributed by atoms with E-state index in [-0.39, 0.29) is 24.1 Å². The summed E-state index contributed by atoms with van der Waals surface area (Å²) in [5.74, 6) is 0.983. The number of nitrogens with one attached hydrogen (secondary N) is 2. The summed E-state index contributed by atoms with van der Waals surface area (Å²) in [6.45, 7) is 0.510. The van der Waals surface area contributed by atoms with Crippen LogP contribution in [-0.4, -0.2) is 41.5 Å². The van der Waals surface area contributed by atoms with Crippen LogP contribution in [-0.2, 0) is 11.2 Å². The lowest BCUT2D eigenvalue weighted by Crippen LogP contribution is -2.37. The molecule has 0 radical (unpaired) electrons. The third kappa shape index (κ3) is 3.07. The van der Waals surface area contributed by atoms with Gasteiger partial charge in [0.05, 0.1) is 7.11 Å². The first-order valence-corrected chi connectivity index (χ1v) is 8.06. The highest BCUT2D eigenvalue weighted by atomic mass is 35.5. The summed E-state index contributed by atoms with van der Waals surface area (Å²) in [7, 11) is 1.60. The van der Waals surface area contributed by atoms with Crippen LogP contribution in [0, 0.1) is 0 Å². The Morgan fingerprint density at radius 2 is 2.17 bits per heavy atom. The number of amides is 2. The first-order valence-electron chi connectivity index (χ1n) is 7.53. The summed E-state index contributed by atoms with van der Waals surface area (Å²) in [5, 5.41) is 9.48. The minimum Gasteiger partial charge on any atom is -0.497 e. The number of carbonyl (C=O) groups excluding carboxylic acids is 2. The predicted molar refractivity (Wildman–Crippen MR) is 90.9 cm³/mol. The zero-order valence-electron chi connectivity index (χ0n) is 13.1. The Morgan fingerprint density at radius 1 is 1.42 bits per heavy atom. The van der Waals surface area contributed by atoms with Crippen molar-refractivity contribution in [3.05, 3.63) is 35.5 Å². The number of H-pyrrole nitrogens is 1. The summed E-state index contributed by atoms with van der Waals surface area (Å²) >= 11 is 5.55. The normalized spacial score (nSPS) is 13.6. The summed E-state index contributed by atoms with van der Waals surface area (Å²) in [5.41, 5.74) is 1.92. The quantitative estimate of drug-likeness (QED) is 0.811. The SMILES string of the molecule is COc1ccc(N2CCc3c(NC(=O)CCCl)n[nH]c3C2=O)cc1. The number of aromatic nitrogens is 2. The van der Waals surface area contributed by atoms with Gasteiger partial charge < -0.3 is 15.0 Å². The van der Waals surface area contributed by atoms with Crippen molar-refractivity contribution in [2.24, 2.45) is 0 Å². The number of methoxy groups -OCH3 is 1. The Kier molecular flexibility index (Phi) is 4.71. The average Bonchev–Trinajstić information content (AvgIpc) is 2.99. The molecule has 126 valence electrons. The van der Waals surface area contributed by atoms with Gasteiger partial charge >= 0.3 is 0 Å². The van der Waals surface area contributed by atoms with E-state index in [4.69, 9.17) is 16.3 Å². The molecule has 7 nitrogen and oxygen atoms in total. The zero-order valence-corrected chi connectivity index (χ0v) is 13.9. The summed E-state index contributed by atoms with van der Waals surface area (Å²) < 4.78 is 5.13. The standard InChI is InChI=1S/C16H17ClN4O3/c1-24-11-4-2-10(3-5-11)21-9-7-12-14(16(21)23)19-20-15(12)18-13(22)6-8-17/h2-5H,6-9H2,1H3,(H2,18,19,20,22). The molecule has 2 N–H and O–H groups in total. The van der Waals surface area contributed by atoms with Crippen molar-refractivity contribution in [3.8, 4) is 5.75 Å². The maximum atomic E-state index is 12.7. The smallest absolute Gasteiger partial charge is 0.276 e. The number of anilines is 2. The molecule has 0 bridgehead atoms. The van der Waals surface area contributed by atoms with Crippen LogP contribution in [0.5, 0.6) is 5.75 Å². The third-order valence-electron chi connectivity index (χ3n) is 3.88. The fourth-order valence-corrected chi connectivity index (χ4v) is 2.81. The number of carbonyl (C=O) groups is 2. The van der Waals surface area contributed by atoms with Crippen molar-refractivity contribution >= 4 is 34.9 Å². The van der Waals surface area contributed by atoms with Gasteiger partial charge in [-0.3, -0.25) is 14.7 Å². The molecule has 3 rings (SSSR count). The lowest BCUT2D eigenvalue weighted by Gasteiger charge is -2.26. The summed E-state index contributed by atoms with van der Waals surface area (Å²) in [4.78, 5) is 26.0. The van der Waals surface area contributed by atoms with Gasteiger partial charge in [0, 0.05) is 30.1 Å². The number of halogens is 1. The van der Waals surface area contributed by atoms with Gasteiger partial charge in [-0.2, -0.15) is 5.10 Å². The number of fused-ring (bicyclic) bond motifs is 1. The van der Waals surface area contributed by atoms with E-state index in [1.165, 1.54) is 0 Å². The van der Waals surface area contributed by atoms with Crippen molar-refractivity contribution in [3.63, 3.8) is 0 Å². The number of hydrogen-bond donors (Lipinski definition) is 2. The van der Waals surface area contributed by atoms with Gasteiger partial charge in [-0.25, -0.2) is 0 Å². The lowest BCUT2D eigenvalue weighted by molar-refractivity contribution is -0.115. The molecule has 1 aromatic heterocycles. The third-order valence-corrected chi connectivity index (χ3v) is 4.06. The van der Waals surface area contributed by atoms with Crippen LogP contribution in [0.4, 0.5) is 11.5 Å². The first kappa shape index (κ1) is 16.3. The monoisotopic (exact) mass is 348 g/mol. The second-order valence-electron chi connectivity index (χ2n) is 5.32. The van der Waals surface area contributed by atoms with E-state index in [0.717, 1.165) is 17.0 Å². The lowest BCUT2D eigenvalue weighted by atomic mass is 10.1. The van der Waals surface area contributed by atoms with Crippen LogP contribution < -0.4 is 15.0 Å². The fraction of sp³-hybridized carbons (Fsp3) is 0.312. The van der Waals surface area contributed by atoms with E-state index < -0.39 is 0 Å². The molecule has 0 fully saturated rings. The van der Waals surface area contributed by atoms with E-state index in [9.17, 15) is 9.59 Å². The van der Waals surface area contributed by atoms with Crippen LogP contribution in [0.15, 0.2) is 24.3 Å². The highest BCUT2D eigenvalue weighted by Crippen LogP contribution is 2.28. The predicted octanol–water partition coefficient (Wildman–Crippen LogP) is 2.19. The molecular weight excluding hydrogens is 332 g/mol. The average molecular weight is 349 g/mol. The van der Waals surface area contributed by atoms with Gasteiger partial charge in [0.1, 0.15) is 11.4 Å². The molecule has 0 spiro atoms. The van der Waals surface area contributed by atoms with Gasteiger partial charge in [0.2, 0.25) is 5.91 Å². The van der Waals surface area contributed by atoms with Gasteiger partial charge in [0.15, 0.2) is 5.82 Å². The topological polar surface area (TPSA) is 87.3 Å². The molecule has 2 heterocycles. The Morgan fingerprint density at radius 3 is 2.83 bits per heavy atom. The number of nitrogens with zero attached hydrogens (tertiary/aromatic N) is 2. The number of alkyl halides is 1. The van der Waals surface area contributed by atoms with Crippen molar-refractivity contribution in [1.29, 1.82) is 0 Å². The van der Waals surface area contributed by atoms with Crippen LogP contribution in [0.25, 0.3) is 0 Å². The second-order valence-corrected chi connectivity index (χ2v) is 5.70. The van der Waals surface area contributed by atoms with Crippen molar-refractivity contribution in [2.45, 2.75) is 12.8 Å². The summed E-state index contributed by atoms with van der Waals surface area (Å²) in [6.07, 6.45) is 0.801. The van der Waals surface area contributed by atoms with Gasteiger partial charge in [0.25, 0.3) is 5.91 Å². The number of aromatic amines is 1. The van der Waals surface area contributed by atoms with E-state index >= 15 is 0 Å².